The Hall–Kier alpha value is -1.18. The maximum absolute atomic E-state index is 13.6. The third-order valence-corrected chi connectivity index (χ3v) is 2.92. The van der Waals surface area contributed by atoms with Crippen molar-refractivity contribution < 1.29 is 9.13 Å². The van der Waals surface area contributed by atoms with Gasteiger partial charge in [-0.1, -0.05) is 6.07 Å². The van der Waals surface area contributed by atoms with Crippen molar-refractivity contribution in [2.45, 2.75) is 13.3 Å². The highest BCUT2D eigenvalue weighted by Gasteiger charge is 2.07. The first-order chi connectivity index (χ1) is 9.19. The number of benzene rings is 1. The van der Waals surface area contributed by atoms with Gasteiger partial charge in [-0.15, -0.1) is 0 Å². The number of nitrogens with one attached hydrogen (secondary N) is 2. The Bertz CT molecular complexity index is 408. The van der Waals surface area contributed by atoms with Gasteiger partial charge in [-0.3, -0.25) is 10.4 Å². The number of aliphatic imine (C=N–C) groups is 1. The molecule has 0 bridgehead atoms. The van der Waals surface area contributed by atoms with Crippen LogP contribution in [-0.4, -0.2) is 25.7 Å². The summed E-state index contributed by atoms with van der Waals surface area (Å²) in [5.74, 6) is 5.27. The van der Waals surface area contributed by atoms with Crippen molar-refractivity contribution in [3.8, 4) is 0 Å². The molecular formula is C12H18BrFN4O. The monoisotopic (exact) mass is 332 g/mol. The van der Waals surface area contributed by atoms with E-state index in [0.717, 1.165) is 6.42 Å². The SMILES string of the molecule is CCOCCCN=C(NN)Nc1c(F)cccc1Br. The minimum Gasteiger partial charge on any atom is -0.382 e. The van der Waals surface area contributed by atoms with Crippen LogP contribution >= 0.6 is 15.9 Å². The van der Waals surface area contributed by atoms with Gasteiger partial charge in [0.2, 0.25) is 5.96 Å². The molecule has 5 nitrogen and oxygen atoms in total. The van der Waals surface area contributed by atoms with Crippen LogP contribution in [0.3, 0.4) is 0 Å². The number of nitrogens with two attached hydrogens (primary N) is 1. The van der Waals surface area contributed by atoms with Gasteiger partial charge in [0.05, 0.1) is 5.69 Å². The number of nitrogens with zero attached hydrogens (tertiary/aromatic N) is 1. The first-order valence-electron chi connectivity index (χ1n) is 5.98. The van der Waals surface area contributed by atoms with Gasteiger partial charge in [0.1, 0.15) is 5.82 Å². The summed E-state index contributed by atoms with van der Waals surface area (Å²) >= 11 is 3.26. The lowest BCUT2D eigenvalue weighted by Gasteiger charge is -2.11. The molecular weight excluding hydrogens is 315 g/mol. The molecule has 0 radical (unpaired) electrons. The van der Waals surface area contributed by atoms with Crippen LogP contribution in [0.25, 0.3) is 0 Å². The standard InChI is InChI=1S/C12H18BrFN4O/c1-2-19-8-4-7-16-12(18-15)17-11-9(13)5-3-6-10(11)14/h3,5-6H,2,4,7-8,15H2,1H3,(H2,16,17,18). The van der Waals surface area contributed by atoms with Crippen LogP contribution in [0.15, 0.2) is 27.7 Å². The van der Waals surface area contributed by atoms with Crippen molar-refractivity contribution >= 4 is 27.6 Å². The summed E-state index contributed by atoms with van der Waals surface area (Å²) < 4.78 is 19.4. The zero-order chi connectivity index (χ0) is 14.1. The van der Waals surface area contributed by atoms with Crippen LogP contribution in [0.5, 0.6) is 0 Å². The second-order valence-corrected chi connectivity index (χ2v) is 4.50. The van der Waals surface area contributed by atoms with Crippen molar-refractivity contribution in [2.24, 2.45) is 10.8 Å². The summed E-state index contributed by atoms with van der Waals surface area (Å²) in [4.78, 5) is 4.19. The molecule has 0 heterocycles. The predicted molar refractivity (Wildman–Crippen MR) is 78.5 cm³/mol. The van der Waals surface area contributed by atoms with E-state index >= 15 is 0 Å². The van der Waals surface area contributed by atoms with E-state index in [9.17, 15) is 4.39 Å². The van der Waals surface area contributed by atoms with E-state index in [4.69, 9.17) is 10.6 Å². The smallest absolute Gasteiger partial charge is 0.210 e. The lowest BCUT2D eigenvalue weighted by molar-refractivity contribution is 0.146. The van der Waals surface area contributed by atoms with Crippen LogP contribution in [0.2, 0.25) is 0 Å². The van der Waals surface area contributed by atoms with Crippen molar-refractivity contribution in [3.05, 3.63) is 28.5 Å². The number of anilines is 1. The second-order valence-electron chi connectivity index (χ2n) is 3.65. The highest BCUT2D eigenvalue weighted by Crippen LogP contribution is 2.24. The average Bonchev–Trinajstić information content (AvgIpc) is 2.40. The molecule has 0 aliphatic heterocycles. The first-order valence-corrected chi connectivity index (χ1v) is 6.78. The van der Waals surface area contributed by atoms with Crippen LogP contribution in [0.4, 0.5) is 10.1 Å². The van der Waals surface area contributed by atoms with Gasteiger partial charge in [0.15, 0.2) is 0 Å². The Labute approximate surface area is 120 Å². The van der Waals surface area contributed by atoms with E-state index in [1.54, 1.807) is 12.1 Å². The van der Waals surface area contributed by atoms with Crippen LogP contribution in [-0.2, 0) is 4.74 Å². The minimum atomic E-state index is -0.383. The molecule has 7 heteroatoms. The summed E-state index contributed by atoms with van der Waals surface area (Å²) in [6, 6.07) is 4.70. The first kappa shape index (κ1) is 15.9. The Morgan fingerprint density at radius 3 is 2.95 bits per heavy atom. The number of ether oxygens (including phenoxy) is 1. The largest absolute Gasteiger partial charge is 0.382 e. The van der Waals surface area contributed by atoms with Crippen molar-refractivity contribution in [2.75, 3.05) is 25.1 Å². The normalized spacial score (nSPS) is 11.5. The lowest BCUT2D eigenvalue weighted by atomic mass is 10.3. The molecule has 19 heavy (non-hydrogen) atoms. The number of hydrogen-bond donors (Lipinski definition) is 3. The molecule has 0 spiro atoms. The number of halogens is 2. The van der Waals surface area contributed by atoms with E-state index in [-0.39, 0.29) is 5.82 Å². The number of guanidine groups is 1. The quantitative estimate of drug-likeness (QED) is 0.245. The number of hydrazine groups is 1. The van der Waals surface area contributed by atoms with Crippen molar-refractivity contribution in [1.82, 2.24) is 5.43 Å². The molecule has 0 aliphatic carbocycles. The maximum Gasteiger partial charge on any atom is 0.210 e. The zero-order valence-corrected chi connectivity index (χ0v) is 12.3. The van der Waals surface area contributed by atoms with Crippen LogP contribution < -0.4 is 16.6 Å². The highest BCUT2D eigenvalue weighted by molar-refractivity contribution is 9.10. The van der Waals surface area contributed by atoms with E-state index in [0.29, 0.717) is 35.9 Å². The van der Waals surface area contributed by atoms with Gasteiger partial charge in [-0.05, 0) is 41.4 Å². The van der Waals surface area contributed by atoms with E-state index in [1.165, 1.54) is 6.07 Å². The molecule has 1 aromatic rings. The van der Waals surface area contributed by atoms with Gasteiger partial charge in [-0.2, -0.15) is 0 Å². The van der Waals surface area contributed by atoms with Crippen molar-refractivity contribution in [3.63, 3.8) is 0 Å². The van der Waals surface area contributed by atoms with E-state index in [2.05, 4.69) is 31.7 Å². The van der Waals surface area contributed by atoms with Crippen molar-refractivity contribution in [1.29, 1.82) is 0 Å². The molecule has 0 aromatic heterocycles. The molecule has 0 atom stereocenters. The van der Waals surface area contributed by atoms with Gasteiger partial charge < -0.3 is 10.1 Å². The van der Waals surface area contributed by atoms with Gasteiger partial charge in [0, 0.05) is 24.2 Å². The van der Waals surface area contributed by atoms with E-state index in [1.807, 2.05) is 6.92 Å². The van der Waals surface area contributed by atoms with Gasteiger partial charge in [0.25, 0.3) is 0 Å². The zero-order valence-electron chi connectivity index (χ0n) is 10.7. The topological polar surface area (TPSA) is 71.7 Å². The summed E-state index contributed by atoms with van der Waals surface area (Å²) in [6.07, 6.45) is 0.777. The predicted octanol–water partition coefficient (Wildman–Crippen LogP) is 2.25. The molecule has 1 aromatic carbocycles. The Kier molecular flexibility index (Phi) is 7.39. The molecule has 0 fully saturated rings. The molecule has 0 amide bonds. The third kappa shape index (κ3) is 5.54. The number of rotatable bonds is 6. The summed E-state index contributed by atoms with van der Waals surface area (Å²) in [5.41, 5.74) is 2.70. The Morgan fingerprint density at radius 2 is 2.32 bits per heavy atom. The van der Waals surface area contributed by atoms with Gasteiger partial charge >= 0.3 is 0 Å². The summed E-state index contributed by atoms with van der Waals surface area (Å²) in [6.45, 7) is 3.80. The average molecular weight is 333 g/mol. The molecule has 1 rings (SSSR count). The third-order valence-electron chi connectivity index (χ3n) is 2.26. The van der Waals surface area contributed by atoms with E-state index < -0.39 is 0 Å². The number of hydrogen-bond acceptors (Lipinski definition) is 3. The molecule has 4 N–H and O–H groups in total. The van der Waals surface area contributed by atoms with Crippen LogP contribution in [0, 0.1) is 5.82 Å². The fourth-order valence-corrected chi connectivity index (χ4v) is 1.80. The molecule has 0 unspecified atom stereocenters. The Balaban J connectivity index is 2.58. The molecule has 0 aliphatic rings. The number of para-hydroxylation sites is 1. The van der Waals surface area contributed by atoms with Crippen LogP contribution in [0.1, 0.15) is 13.3 Å². The highest BCUT2D eigenvalue weighted by atomic mass is 79.9. The second kappa shape index (κ2) is 8.84. The van der Waals surface area contributed by atoms with Gasteiger partial charge in [-0.25, -0.2) is 10.2 Å². The maximum atomic E-state index is 13.6. The fraction of sp³-hybridized carbons (Fsp3) is 0.417. The summed E-state index contributed by atoms with van der Waals surface area (Å²) in [5, 5.41) is 2.81. The summed E-state index contributed by atoms with van der Waals surface area (Å²) in [7, 11) is 0. The minimum absolute atomic E-state index is 0.295. The fourth-order valence-electron chi connectivity index (χ4n) is 1.36. The molecule has 106 valence electrons. The Morgan fingerprint density at radius 1 is 1.53 bits per heavy atom. The molecule has 0 saturated heterocycles. The lowest BCUT2D eigenvalue weighted by Crippen LogP contribution is -2.36. The molecule has 0 saturated carbocycles.